The van der Waals surface area contributed by atoms with E-state index in [-0.39, 0.29) is 0 Å². The van der Waals surface area contributed by atoms with Crippen molar-refractivity contribution < 1.29 is 0 Å². The molecule has 0 heterocycles. The predicted octanol–water partition coefficient (Wildman–Crippen LogP) is 2.75. The molecule has 1 fully saturated rings. The molecule has 0 atom stereocenters. The molecule has 0 saturated heterocycles. The normalized spacial score (nSPS) is 26.6. The van der Waals surface area contributed by atoms with Crippen molar-refractivity contribution in [3.63, 3.8) is 0 Å². The molecule has 1 aliphatic carbocycles. The zero-order chi connectivity index (χ0) is 12.0. The predicted molar refractivity (Wildman–Crippen MR) is 75.1 cm³/mol. The van der Waals surface area contributed by atoms with Gasteiger partial charge in [0.05, 0.1) is 0 Å². The van der Waals surface area contributed by atoms with Crippen molar-refractivity contribution in [3.05, 3.63) is 0 Å². The summed E-state index contributed by atoms with van der Waals surface area (Å²) in [5.41, 5.74) is 0. The maximum atomic E-state index is 4.34. The molecule has 0 spiro atoms. The van der Waals surface area contributed by atoms with Gasteiger partial charge in [0.25, 0.3) is 0 Å². The molecule has 0 aromatic rings. The lowest BCUT2D eigenvalue weighted by Gasteiger charge is -2.34. The minimum atomic E-state index is 0.631. The van der Waals surface area contributed by atoms with E-state index in [2.05, 4.69) is 43.7 Å². The highest BCUT2D eigenvalue weighted by molar-refractivity contribution is 7.80. The third kappa shape index (κ3) is 5.07. The van der Waals surface area contributed by atoms with E-state index in [1.807, 2.05) is 0 Å². The Balaban J connectivity index is 2.12. The van der Waals surface area contributed by atoms with Crippen molar-refractivity contribution in [1.82, 2.24) is 10.2 Å². The Morgan fingerprint density at radius 1 is 1.25 bits per heavy atom. The topological polar surface area (TPSA) is 15.3 Å². The Kier molecular flexibility index (Phi) is 6.78. The molecule has 0 bridgehead atoms. The van der Waals surface area contributed by atoms with E-state index in [0.717, 1.165) is 17.8 Å². The number of rotatable bonds is 6. The molecule has 0 aromatic carbocycles. The number of nitrogens with one attached hydrogen (secondary N) is 1. The van der Waals surface area contributed by atoms with Gasteiger partial charge in [-0.3, -0.25) is 4.90 Å². The number of nitrogens with zero attached hydrogens (tertiary/aromatic N) is 1. The molecule has 1 N–H and O–H groups in total. The molecule has 2 nitrogen and oxygen atoms in total. The van der Waals surface area contributed by atoms with Gasteiger partial charge in [-0.2, -0.15) is 12.6 Å². The third-order valence-corrected chi connectivity index (χ3v) is 4.21. The molecule has 0 amide bonds. The molecule has 16 heavy (non-hydrogen) atoms. The zero-order valence-corrected chi connectivity index (χ0v) is 12.0. The maximum absolute atomic E-state index is 4.34. The molecular weight excluding hydrogens is 216 g/mol. The van der Waals surface area contributed by atoms with Crippen LogP contribution in [0.15, 0.2) is 0 Å². The van der Waals surface area contributed by atoms with Crippen molar-refractivity contribution in [1.29, 1.82) is 0 Å². The second kappa shape index (κ2) is 7.57. The monoisotopic (exact) mass is 244 g/mol. The van der Waals surface area contributed by atoms with Crippen molar-refractivity contribution in [2.45, 2.75) is 58.0 Å². The zero-order valence-electron chi connectivity index (χ0n) is 11.1. The van der Waals surface area contributed by atoms with Crippen LogP contribution < -0.4 is 5.32 Å². The summed E-state index contributed by atoms with van der Waals surface area (Å²) in [6.07, 6.45) is 6.90. The summed E-state index contributed by atoms with van der Waals surface area (Å²) in [6.45, 7) is 5.63. The van der Waals surface area contributed by atoms with Crippen LogP contribution in [0.4, 0.5) is 0 Å². The highest BCUT2D eigenvalue weighted by Crippen LogP contribution is 2.28. The first-order chi connectivity index (χ1) is 7.63. The van der Waals surface area contributed by atoms with Gasteiger partial charge in [0.15, 0.2) is 0 Å². The van der Waals surface area contributed by atoms with Crippen LogP contribution in [0.5, 0.6) is 0 Å². The average Bonchev–Trinajstić information content (AvgIpc) is 2.28. The summed E-state index contributed by atoms with van der Waals surface area (Å²) < 4.78 is 0. The Bertz CT molecular complexity index is 177. The first kappa shape index (κ1) is 14.3. The Morgan fingerprint density at radius 3 is 2.38 bits per heavy atom. The van der Waals surface area contributed by atoms with Crippen LogP contribution in [0.25, 0.3) is 0 Å². The summed E-state index contributed by atoms with van der Waals surface area (Å²) in [6, 6.07) is 1.42. The van der Waals surface area contributed by atoms with E-state index in [4.69, 9.17) is 0 Å². The summed E-state index contributed by atoms with van der Waals surface area (Å²) >= 11 is 4.34. The molecule has 0 radical (unpaired) electrons. The van der Waals surface area contributed by atoms with Crippen molar-refractivity contribution in [2.75, 3.05) is 19.5 Å². The Hall–Kier alpha value is 0.270. The average molecular weight is 244 g/mol. The minimum absolute atomic E-state index is 0.631. The molecule has 0 aromatic heterocycles. The summed E-state index contributed by atoms with van der Waals surface area (Å²) in [4.78, 5) is 2.38. The van der Waals surface area contributed by atoms with Crippen LogP contribution in [0, 0.1) is 5.92 Å². The fourth-order valence-electron chi connectivity index (χ4n) is 2.57. The lowest BCUT2D eigenvalue weighted by Crippen LogP contribution is -2.35. The molecule has 0 aliphatic heterocycles. The molecule has 1 rings (SSSR count). The van der Waals surface area contributed by atoms with Gasteiger partial charge in [0, 0.05) is 18.0 Å². The van der Waals surface area contributed by atoms with Crippen LogP contribution in [0.1, 0.15) is 46.0 Å². The van der Waals surface area contributed by atoms with E-state index in [1.165, 1.54) is 38.6 Å². The van der Waals surface area contributed by atoms with E-state index >= 15 is 0 Å². The van der Waals surface area contributed by atoms with Crippen LogP contribution >= 0.6 is 12.6 Å². The van der Waals surface area contributed by atoms with Crippen molar-refractivity contribution in [3.8, 4) is 0 Å². The second-order valence-corrected chi connectivity index (χ2v) is 5.75. The lowest BCUT2D eigenvalue weighted by atomic mass is 9.83. The lowest BCUT2D eigenvalue weighted by molar-refractivity contribution is 0.182. The van der Waals surface area contributed by atoms with Gasteiger partial charge >= 0.3 is 0 Å². The standard InChI is InChI=1S/C13H28N2S/c1-11(2)14-9-8-12-4-6-13(7-5-12)15(3)10-16/h11-14,16H,4-10H2,1-3H3. The van der Waals surface area contributed by atoms with Crippen LogP contribution in [0.2, 0.25) is 0 Å². The molecule has 96 valence electrons. The Morgan fingerprint density at radius 2 is 1.88 bits per heavy atom. The van der Waals surface area contributed by atoms with Gasteiger partial charge in [-0.25, -0.2) is 0 Å². The first-order valence-electron chi connectivity index (χ1n) is 6.68. The van der Waals surface area contributed by atoms with Gasteiger partial charge in [-0.15, -0.1) is 0 Å². The Labute approximate surface area is 107 Å². The second-order valence-electron chi connectivity index (χ2n) is 5.47. The third-order valence-electron chi connectivity index (χ3n) is 3.77. The quantitative estimate of drug-likeness (QED) is 0.552. The first-order valence-corrected chi connectivity index (χ1v) is 7.31. The number of thiol groups is 1. The van der Waals surface area contributed by atoms with Gasteiger partial charge < -0.3 is 5.32 Å². The highest BCUT2D eigenvalue weighted by Gasteiger charge is 2.22. The summed E-state index contributed by atoms with van der Waals surface area (Å²) in [5, 5.41) is 3.52. The molecule has 1 saturated carbocycles. The fourth-order valence-corrected chi connectivity index (χ4v) is 2.80. The minimum Gasteiger partial charge on any atom is -0.315 e. The SMILES string of the molecule is CC(C)NCCC1CCC(N(C)CS)CC1. The van der Waals surface area contributed by atoms with Crippen LogP contribution in [-0.4, -0.2) is 36.5 Å². The van der Waals surface area contributed by atoms with Gasteiger partial charge in [-0.1, -0.05) is 13.8 Å². The van der Waals surface area contributed by atoms with Crippen molar-refractivity contribution >= 4 is 12.6 Å². The van der Waals surface area contributed by atoms with E-state index in [9.17, 15) is 0 Å². The molecule has 1 aliphatic rings. The van der Waals surface area contributed by atoms with Gasteiger partial charge in [-0.05, 0) is 51.6 Å². The van der Waals surface area contributed by atoms with Gasteiger partial charge in [0.2, 0.25) is 0 Å². The van der Waals surface area contributed by atoms with Crippen LogP contribution in [-0.2, 0) is 0 Å². The van der Waals surface area contributed by atoms with Crippen LogP contribution in [0.3, 0.4) is 0 Å². The molecule has 0 unspecified atom stereocenters. The largest absolute Gasteiger partial charge is 0.315 e. The maximum Gasteiger partial charge on any atom is 0.0414 e. The molecular formula is C13H28N2S. The van der Waals surface area contributed by atoms with Gasteiger partial charge in [0.1, 0.15) is 0 Å². The van der Waals surface area contributed by atoms with Crippen molar-refractivity contribution in [2.24, 2.45) is 5.92 Å². The fraction of sp³-hybridized carbons (Fsp3) is 1.00. The van der Waals surface area contributed by atoms with E-state index < -0.39 is 0 Å². The number of hydrogen-bond acceptors (Lipinski definition) is 3. The summed E-state index contributed by atoms with van der Waals surface area (Å²) in [7, 11) is 2.19. The highest BCUT2D eigenvalue weighted by atomic mass is 32.1. The van der Waals surface area contributed by atoms with E-state index in [1.54, 1.807) is 0 Å². The van der Waals surface area contributed by atoms with E-state index in [0.29, 0.717) is 6.04 Å². The summed E-state index contributed by atoms with van der Waals surface area (Å²) in [5.74, 6) is 1.85. The molecule has 3 heteroatoms. The smallest absolute Gasteiger partial charge is 0.0414 e. The number of hydrogen-bond donors (Lipinski definition) is 2.